The number of hydrogen-bond donors (Lipinski definition) is 3. The number of aromatic nitrogens is 1. The second-order valence-electron chi connectivity index (χ2n) is 6.72. The minimum atomic E-state index is -0.455. The Morgan fingerprint density at radius 1 is 1.48 bits per heavy atom. The van der Waals surface area contributed by atoms with Crippen molar-refractivity contribution in [1.82, 2.24) is 15.2 Å². The molecule has 0 spiro atoms. The summed E-state index contributed by atoms with van der Waals surface area (Å²) in [6.07, 6.45) is 1.14. The van der Waals surface area contributed by atoms with E-state index in [1.54, 1.807) is 29.5 Å². The summed E-state index contributed by atoms with van der Waals surface area (Å²) in [7, 11) is 1.68. The molecule has 1 saturated heterocycles. The van der Waals surface area contributed by atoms with Gasteiger partial charge in [0.05, 0.1) is 11.7 Å². The van der Waals surface area contributed by atoms with Gasteiger partial charge in [0.15, 0.2) is 5.13 Å². The highest BCUT2D eigenvalue weighted by molar-refractivity contribution is 7.13. The first kappa shape index (κ1) is 21.2. The lowest BCUT2D eigenvalue weighted by atomic mass is 10.1. The standard InChI is InChI=1S/C19H24FN5O3S/c1-25(17(26)16-6-3-7-28-16)15(9-21)14-11-29-19(23-14)24-18(27)22-10-12-4-2-5-13(20)8-12/h2,4-5,8,11,15-16H,3,6-7,9-10,21H2,1H3,(H2,22,23,24,27). The zero-order chi connectivity index (χ0) is 20.8. The molecule has 156 valence electrons. The maximum absolute atomic E-state index is 13.2. The van der Waals surface area contributed by atoms with Gasteiger partial charge >= 0.3 is 6.03 Å². The van der Waals surface area contributed by atoms with Crippen molar-refractivity contribution >= 4 is 28.4 Å². The molecule has 4 N–H and O–H groups in total. The van der Waals surface area contributed by atoms with Crippen molar-refractivity contribution < 1.29 is 18.7 Å². The molecule has 1 fully saturated rings. The van der Waals surface area contributed by atoms with E-state index in [1.807, 2.05) is 0 Å². The van der Waals surface area contributed by atoms with Gasteiger partial charge in [-0.2, -0.15) is 0 Å². The maximum Gasteiger partial charge on any atom is 0.321 e. The van der Waals surface area contributed by atoms with Crippen LogP contribution in [0, 0.1) is 5.82 Å². The van der Waals surface area contributed by atoms with Crippen LogP contribution in [0.5, 0.6) is 0 Å². The second-order valence-corrected chi connectivity index (χ2v) is 7.58. The molecule has 2 atom stereocenters. The number of urea groups is 1. The quantitative estimate of drug-likeness (QED) is 0.635. The van der Waals surface area contributed by atoms with Crippen LogP contribution in [0.25, 0.3) is 0 Å². The zero-order valence-electron chi connectivity index (χ0n) is 16.1. The van der Waals surface area contributed by atoms with Gasteiger partial charge in [0, 0.05) is 32.1 Å². The van der Waals surface area contributed by atoms with Crippen LogP contribution < -0.4 is 16.4 Å². The Hall–Kier alpha value is -2.56. The van der Waals surface area contributed by atoms with Crippen LogP contribution in [0.3, 0.4) is 0 Å². The minimum Gasteiger partial charge on any atom is -0.368 e. The summed E-state index contributed by atoms with van der Waals surface area (Å²) in [5.74, 6) is -0.475. The third-order valence-corrected chi connectivity index (χ3v) is 5.45. The number of carbonyl (C=O) groups excluding carboxylic acids is 2. The first-order valence-electron chi connectivity index (χ1n) is 9.31. The number of amides is 3. The highest BCUT2D eigenvalue weighted by atomic mass is 32.1. The van der Waals surface area contributed by atoms with Crippen molar-refractivity contribution in [2.75, 3.05) is 25.5 Å². The van der Waals surface area contributed by atoms with Crippen molar-refractivity contribution in [2.45, 2.75) is 31.5 Å². The van der Waals surface area contributed by atoms with Gasteiger partial charge in [0.25, 0.3) is 5.91 Å². The van der Waals surface area contributed by atoms with E-state index in [2.05, 4.69) is 15.6 Å². The van der Waals surface area contributed by atoms with Crippen LogP contribution in [0.2, 0.25) is 0 Å². The van der Waals surface area contributed by atoms with Crippen molar-refractivity contribution in [3.8, 4) is 0 Å². The molecule has 2 aromatic rings. The van der Waals surface area contributed by atoms with Crippen LogP contribution >= 0.6 is 11.3 Å². The fourth-order valence-corrected chi connectivity index (χ4v) is 3.85. The Bertz CT molecular complexity index is 856. The highest BCUT2D eigenvalue weighted by Gasteiger charge is 2.31. The number of thiazole rings is 1. The number of benzene rings is 1. The Morgan fingerprint density at radius 3 is 3.00 bits per heavy atom. The lowest BCUT2D eigenvalue weighted by Crippen LogP contribution is -2.41. The van der Waals surface area contributed by atoms with Gasteiger partial charge in [0.2, 0.25) is 0 Å². The number of likely N-dealkylation sites (N-methyl/N-ethyl adjacent to an activating group) is 1. The summed E-state index contributed by atoms with van der Waals surface area (Å²) in [6.45, 7) is 0.975. The van der Waals surface area contributed by atoms with Gasteiger partial charge in [-0.05, 0) is 30.5 Å². The Balaban J connectivity index is 1.56. The molecule has 10 heteroatoms. The minimum absolute atomic E-state index is 0.117. The van der Waals surface area contributed by atoms with Crippen LogP contribution in [-0.4, -0.2) is 48.1 Å². The average molecular weight is 421 g/mol. The summed E-state index contributed by atoms with van der Waals surface area (Å²) in [4.78, 5) is 30.6. The lowest BCUT2D eigenvalue weighted by Gasteiger charge is -2.27. The fourth-order valence-electron chi connectivity index (χ4n) is 3.10. The van der Waals surface area contributed by atoms with E-state index in [1.165, 1.54) is 23.5 Å². The molecule has 2 unspecified atom stereocenters. The third kappa shape index (κ3) is 5.49. The molecule has 2 heterocycles. The molecule has 29 heavy (non-hydrogen) atoms. The normalized spacial score (nSPS) is 17.0. The monoisotopic (exact) mass is 421 g/mol. The molecule has 1 aliphatic heterocycles. The van der Waals surface area contributed by atoms with E-state index in [-0.39, 0.29) is 24.8 Å². The number of nitrogens with one attached hydrogen (secondary N) is 2. The summed E-state index contributed by atoms with van der Waals surface area (Å²) in [5, 5.41) is 7.44. The van der Waals surface area contributed by atoms with Gasteiger partial charge in [0.1, 0.15) is 11.9 Å². The summed E-state index contributed by atoms with van der Waals surface area (Å²) < 4.78 is 18.6. The van der Waals surface area contributed by atoms with Gasteiger partial charge in [-0.25, -0.2) is 14.2 Å². The number of nitrogens with two attached hydrogens (primary N) is 1. The molecule has 1 aromatic carbocycles. The van der Waals surface area contributed by atoms with E-state index in [0.717, 1.165) is 6.42 Å². The number of ether oxygens (including phenoxy) is 1. The third-order valence-electron chi connectivity index (χ3n) is 4.67. The number of hydrogen-bond acceptors (Lipinski definition) is 6. The predicted molar refractivity (Wildman–Crippen MR) is 108 cm³/mol. The molecule has 1 aliphatic rings. The summed E-state index contributed by atoms with van der Waals surface area (Å²) >= 11 is 1.24. The van der Waals surface area contributed by atoms with Crippen molar-refractivity contribution in [3.63, 3.8) is 0 Å². The molecule has 0 saturated carbocycles. The Labute approximate surface area is 172 Å². The molecule has 1 aromatic heterocycles. The number of carbonyl (C=O) groups is 2. The maximum atomic E-state index is 13.2. The number of anilines is 1. The Kier molecular flexibility index (Phi) is 7.13. The van der Waals surface area contributed by atoms with Gasteiger partial charge in [-0.1, -0.05) is 12.1 Å². The van der Waals surface area contributed by atoms with Crippen LogP contribution in [0.1, 0.15) is 30.1 Å². The smallest absolute Gasteiger partial charge is 0.321 e. The summed E-state index contributed by atoms with van der Waals surface area (Å²) in [6, 6.07) is 5.14. The summed E-state index contributed by atoms with van der Waals surface area (Å²) in [5.41, 5.74) is 7.13. The lowest BCUT2D eigenvalue weighted by molar-refractivity contribution is -0.141. The van der Waals surface area contributed by atoms with E-state index in [0.29, 0.717) is 29.4 Å². The molecular weight excluding hydrogens is 397 g/mol. The van der Waals surface area contributed by atoms with E-state index in [9.17, 15) is 14.0 Å². The van der Waals surface area contributed by atoms with Crippen molar-refractivity contribution in [2.24, 2.45) is 5.73 Å². The predicted octanol–water partition coefficient (Wildman–Crippen LogP) is 2.24. The SMILES string of the molecule is CN(C(=O)C1CCCO1)C(CN)c1csc(NC(=O)NCc2cccc(F)c2)n1. The molecule has 0 radical (unpaired) electrons. The highest BCUT2D eigenvalue weighted by Crippen LogP contribution is 2.26. The number of halogens is 1. The fraction of sp³-hybridized carbons (Fsp3) is 0.421. The number of nitrogens with zero attached hydrogens (tertiary/aromatic N) is 2. The van der Waals surface area contributed by atoms with Gasteiger partial charge in [-0.3, -0.25) is 10.1 Å². The zero-order valence-corrected chi connectivity index (χ0v) is 16.9. The molecule has 3 rings (SSSR count). The van der Waals surface area contributed by atoms with Crippen LogP contribution in [-0.2, 0) is 16.1 Å². The Morgan fingerprint density at radius 2 is 2.31 bits per heavy atom. The largest absolute Gasteiger partial charge is 0.368 e. The topological polar surface area (TPSA) is 110 Å². The van der Waals surface area contributed by atoms with E-state index < -0.39 is 18.2 Å². The van der Waals surface area contributed by atoms with E-state index >= 15 is 0 Å². The van der Waals surface area contributed by atoms with Crippen LogP contribution in [0.15, 0.2) is 29.6 Å². The number of rotatable bonds is 7. The molecular formula is C19H24FN5O3S. The van der Waals surface area contributed by atoms with Crippen molar-refractivity contribution in [1.29, 1.82) is 0 Å². The van der Waals surface area contributed by atoms with E-state index in [4.69, 9.17) is 10.5 Å². The van der Waals surface area contributed by atoms with Crippen LogP contribution in [0.4, 0.5) is 14.3 Å². The van der Waals surface area contributed by atoms with Gasteiger partial charge in [-0.15, -0.1) is 11.3 Å². The first-order valence-corrected chi connectivity index (χ1v) is 10.2. The second kappa shape index (κ2) is 9.77. The molecule has 0 aliphatic carbocycles. The molecule has 8 nitrogen and oxygen atoms in total. The van der Waals surface area contributed by atoms with Crippen molar-refractivity contribution in [3.05, 3.63) is 46.7 Å². The van der Waals surface area contributed by atoms with Gasteiger partial charge < -0.3 is 20.7 Å². The first-order chi connectivity index (χ1) is 14.0. The molecule has 0 bridgehead atoms. The molecule has 3 amide bonds. The average Bonchev–Trinajstić information content (AvgIpc) is 3.39.